The Balaban J connectivity index is 0.00000242. The average molecular weight is 360 g/mol. The van der Waals surface area contributed by atoms with Crippen LogP contribution in [0.3, 0.4) is 0 Å². The molecule has 0 spiro atoms. The summed E-state index contributed by atoms with van der Waals surface area (Å²) in [6.07, 6.45) is 3.06. The molecule has 0 aliphatic rings. The van der Waals surface area contributed by atoms with Crippen LogP contribution in [0.25, 0.3) is 0 Å². The Labute approximate surface area is 145 Å². The van der Waals surface area contributed by atoms with Crippen molar-refractivity contribution in [2.45, 2.75) is 19.8 Å². The maximum absolute atomic E-state index is 11.6. The molecule has 0 saturated carbocycles. The van der Waals surface area contributed by atoms with Crippen molar-refractivity contribution in [3.63, 3.8) is 0 Å². The fraction of sp³-hybridized carbons (Fsp3) is 0.333. The smallest absolute Gasteiger partial charge is 0.227 e. The van der Waals surface area contributed by atoms with Crippen LogP contribution in [0.15, 0.2) is 24.4 Å². The number of carbonyl (C=O) groups excluding carboxylic acids is 1. The minimum absolute atomic E-state index is 0. The molecule has 2 aromatic rings. The van der Waals surface area contributed by atoms with Gasteiger partial charge in [0.15, 0.2) is 5.13 Å². The van der Waals surface area contributed by atoms with E-state index in [1.165, 1.54) is 16.9 Å². The molecule has 22 heavy (non-hydrogen) atoms. The first-order chi connectivity index (χ1) is 10.1. The second-order valence-corrected chi connectivity index (χ2v) is 6.33. The molecule has 1 amide bonds. The van der Waals surface area contributed by atoms with E-state index in [1.54, 1.807) is 0 Å². The van der Waals surface area contributed by atoms with E-state index in [-0.39, 0.29) is 18.3 Å². The summed E-state index contributed by atoms with van der Waals surface area (Å²) in [5.74, 6) is -0.0204. The predicted molar refractivity (Wildman–Crippen MR) is 95.5 cm³/mol. The number of amides is 1. The predicted octanol–water partition coefficient (Wildman–Crippen LogP) is 3.67. The molecule has 120 valence electrons. The van der Waals surface area contributed by atoms with Crippen molar-refractivity contribution in [3.05, 3.63) is 45.4 Å². The minimum Gasteiger partial charge on any atom is -0.319 e. The molecule has 4 nitrogen and oxygen atoms in total. The van der Waals surface area contributed by atoms with Crippen molar-refractivity contribution in [1.29, 1.82) is 0 Å². The largest absolute Gasteiger partial charge is 0.319 e. The van der Waals surface area contributed by atoms with Crippen LogP contribution in [0, 0.1) is 6.92 Å². The van der Waals surface area contributed by atoms with Gasteiger partial charge in [0.05, 0.1) is 0 Å². The second kappa shape index (κ2) is 9.10. The normalized spacial score (nSPS) is 10.1. The number of aryl methyl sites for hydroxylation is 1. The molecule has 7 heteroatoms. The fourth-order valence-electron chi connectivity index (χ4n) is 1.91. The van der Waals surface area contributed by atoms with E-state index in [0.29, 0.717) is 18.1 Å². The number of benzene rings is 1. The van der Waals surface area contributed by atoms with Gasteiger partial charge in [-0.1, -0.05) is 17.7 Å². The van der Waals surface area contributed by atoms with E-state index >= 15 is 0 Å². The highest BCUT2D eigenvalue weighted by Gasteiger charge is 2.08. The van der Waals surface area contributed by atoms with Gasteiger partial charge >= 0.3 is 0 Å². The van der Waals surface area contributed by atoms with Gasteiger partial charge in [0.1, 0.15) is 0 Å². The Morgan fingerprint density at radius 2 is 2.18 bits per heavy atom. The number of hydrogen-bond acceptors (Lipinski definition) is 4. The van der Waals surface area contributed by atoms with Crippen molar-refractivity contribution in [3.8, 4) is 0 Å². The summed E-state index contributed by atoms with van der Waals surface area (Å²) in [6.45, 7) is 2.71. The van der Waals surface area contributed by atoms with Crippen LogP contribution in [0.4, 0.5) is 5.13 Å². The van der Waals surface area contributed by atoms with Gasteiger partial charge in [0, 0.05) is 35.5 Å². The lowest BCUT2D eigenvalue weighted by Gasteiger charge is -2.04. The van der Waals surface area contributed by atoms with Gasteiger partial charge in [-0.2, -0.15) is 0 Å². The van der Waals surface area contributed by atoms with Gasteiger partial charge in [0.25, 0.3) is 0 Å². The zero-order valence-corrected chi connectivity index (χ0v) is 14.9. The van der Waals surface area contributed by atoms with Crippen LogP contribution in [0.5, 0.6) is 0 Å². The van der Waals surface area contributed by atoms with Crippen LogP contribution in [0.2, 0.25) is 5.02 Å². The molecule has 0 aliphatic heterocycles. The number of nitrogens with one attached hydrogen (secondary N) is 2. The molecular weight excluding hydrogens is 341 g/mol. The summed E-state index contributed by atoms with van der Waals surface area (Å²) in [5.41, 5.74) is 2.38. The van der Waals surface area contributed by atoms with Crippen LogP contribution in [-0.2, 0) is 11.2 Å². The maximum atomic E-state index is 11.6. The number of anilines is 1. The molecule has 1 heterocycles. The Bertz CT molecular complexity index is 631. The summed E-state index contributed by atoms with van der Waals surface area (Å²) >= 11 is 7.47. The zero-order valence-electron chi connectivity index (χ0n) is 12.5. The van der Waals surface area contributed by atoms with E-state index < -0.39 is 0 Å². The summed E-state index contributed by atoms with van der Waals surface area (Å²) in [5, 5.41) is 7.16. The lowest BCUT2D eigenvalue weighted by molar-refractivity contribution is -0.116. The highest BCUT2D eigenvalue weighted by atomic mass is 35.5. The fourth-order valence-corrected chi connectivity index (χ4v) is 2.99. The van der Waals surface area contributed by atoms with Crippen molar-refractivity contribution >= 4 is 46.4 Å². The van der Waals surface area contributed by atoms with Crippen LogP contribution in [-0.4, -0.2) is 24.5 Å². The maximum Gasteiger partial charge on any atom is 0.227 e. The first-order valence-electron chi connectivity index (χ1n) is 6.72. The zero-order chi connectivity index (χ0) is 15.2. The van der Waals surface area contributed by atoms with Gasteiger partial charge < -0.3 is 10.6 Å². The lowest BCUT2D eigenvalue weighted by Crippen LogP contribution is -2.18. The first-order valence-corrected chi connectivity index (χ1v) is 7.92. The SMILES string of the molecule is CNCCC(=O)Nc1ncc(Cc2ccc(Cl)cc2C)s1.Cl. The molecule has 1 aromatic heterocycles. The molecule has 0 aliphatic carbocycles. The lowest BCUT2D eigenvalue weighted by atomic mass is 10.1. The third kappa shape index (κ3) is 5.57. The topological polar surface area (TPSA) is 54.0 Å². The van der Waals surface area contributed by atoms with E-state index in [4.69, 9.17) is 11.6 Å². The Morgan fingerprint density at radius 1 is 1.41 bits per heavy atom. The van der Waals surface area contributed by atoms with Crippen molar-refractivity contribution in [2.75, 3.05) is 18.9 Å². The molecule has 2 N–H and O–H groups in total. The van der Waals surface area contributed by atoms with Gasteiger partial charge in [-0.3, -0.25) is 4.79 Å². The molecule has 0 saturated heterocycles. The number of thiazole rings is 1. The highest BCUT2D eigenvalue weighted by molar-refractivity contribution is 7.15. The Morgan fingerprint density at radius 3 is 2.86 bits per heavy atom. The quantitative estimate of drug-likeness (QED) is 0.827. The standard InChI is InChI=1S/C15H18ClN3OS.ClH/c1-10-7-12(16)4-3-11(10)8-13-9-18-15(21-13)19-14(20)5-6-17-2;/h3-4,7,9,17H,5-6,8H2,1-2H3,(H,18,19,20);1H. The molecule has 0 fully saturated rings. The number of rotatable bonds is 6. The highest BCUT2D eigenvalue weighted by Crippen LogP contribution is 2.24. The van der Waals surface area contributed by atoms with Gasteiger partial charge in [-0.05, 0) is 37.2 Å². The molecule has 0 atom stereocenters. The number of hydrogen-bond donors (Lipinski definition) is 2. The third-order valence-electron chi connectivity index (χ3n) is 3.07. The van der Waals surface area contributed by atoms with Gasteiger partial charge in [-0.15, -0.1) is 23.7 Å². The number of halogens is 2. The van der Waals surface area contributed by atoms with Crippen molar-refractivity contribution in [1.82, 2.24) is 10.3 Å². The summed E-state index contributed by atoms with van der Waals surface area (Å²) in [6, 6.07) is 5.88. The number of carbonyl (C=O) groups is 1. The molecule has 0 unspecified atom stereocenters. The summed E-state index contributed by atoms with van der Waals surface area (Å²) < 4.78 is 0. The van der Waals surface area contributed by atoms with Crippen LogP contribution >= 0.6 is 35.3 Å². The molecule has 0 radical (unpaired) electrons. The number of nitrogens with zero attached hydrogens (tertiary/aromatic N) is 1. The molecular formula is C15H19Cl2N3OS. The van der Waals surface area contributed by atoms with Gasteiger partial charge in [-0.25, -0.2) is 4.98 Å². The Kier molecular flexibility index (Phi) is 7.82. The van der Waals surface area contributed by atoms with E-state index in [1.807, 2.05) is 38.4 Å². The van der Waals surface area contributed by atoms with Crippen molar-refractivity contribution in [2.24, 2.45) is 0 Å². The molecule has 1 aromatic carbocycles. The Hall–Kier alpha value is -1.14. The summed E-state index contributed by atoms with van der Waals surface area (Å²) in [7, 11) is 1.82. The minimum atomic E-state index is -0.0204. The monoisotopic (exact) mass is 359 g/mol. The third-order valence-corrected chi connectivity index (χ3v) is 4.22. The van der Waals surface area contributed by atoms with Crippen LogP contribution < -0.4 is 10.6 Å². The average Bonchev–Trinajstić information content (AvgIpc) is 2.87. The van der Waals surface area contributed by atoms with Crippen LogP contribution in [0.1, 0.15) is 22.4 Å². The molecule has 2 rings (SSSR count). The van der Waals surface area contributed by atoms with E-state index in [9.17, 15) is 4.79 Å². The van der Waals surface area contributed by atoms with E-state index in [0.717, 1.165) is 21.9 Å². The van der Waals surface area contributed by atoms with Crippen molar-refractivity contribution < 1.29 is 4.79 Å². The molecule has 0 bridgehead atoms. The summed E-state index contributed by atoms with van der Waals surface area (Å²) in [4.78, 5) is 17.0. The van der Waals surface area contributed by atoms with Gasteiger partial charge in [0.2, 0.25) is 5.91 Å². The van der Waals surface area contributed by atoms with E-state index in [2.05, 4.69) is 15.6 Å². The second-order valence-electron chi connectivity index (χ2n) is 4.78. The number of aromatic nitrogens is 1. The first kappa shape index (κ1) is 18.9.